The quantitative estimate of drug-likeness (QED) is 0.163. The molecule has 0 bridgehead atoms. The molecule has 0 radical (unpaired) electrons. The number of anilines is 1. The number of ether oxygens (including phenoxy) is 4. The molecule has 1 aromatic rings. The van der Waals surface area contributed by atoms with Crippen LogP contribution in [-0.4, -0.2) is 58.3 Å². The Morgan fingerprint density at radius 3 is 2.50 bits per heavy atom. The Hall–Kier alpha value is -3.48. The van der Waals surface area contributed by atoms with Crippen molar-refractivity contribution in [3.05, 3.63) is 22.7 Å². The molecule has 3 rings (SSSR count). The van der Waals surface area contributed by atoms with Gasteiger partial charge in [-0.05, 0) is 6.42 Å². The number of nitrogens with one attached hydrogen (secondary N) is 1. The van der Waals surface area contributed by atoms with E-state index in [9.17, 15) is 24.0 Å². The van der Waals surface area contributed by atoms with Crippen molar-refractivity contribution in [2.75, 3.05) is 12.1 Å². The molecule has 2 aliphatic heterocycles. The molecule has 3 heterocycles. The van der Waals surface area contributed by atoms with Gasteiger partial charge >= 0.3 is 29.6 Å². The van der Waals surface area contributed by atoms with Crippen molar-refractivity contribution < 1.29 is 43.0 Å². The highest BCUT2D eigenvalue weighted by Crippen LogP contribution is 2.35. The lowest BCUT2D eigenvalue weighted by Gasteiger charge is -2.28. The molecule has 1 N–H and O–H groups in total. The van der Waals surface area contributed by atoms with Crippen LogP contribution in [0.5, 0.6) is 0 Å². The van der Waals surface area contributed by atoms with E-state index >= 15 is 0 Å². The maximum absolute atomic E-state index is 12.6. The average Bonchev–Trinajstić information content (AvgIpc) is 3.13. The Kier molecular flexibility index (Phi) is 8.21. The van der Waals surface area contributed by atoms with Crippen molar-refractivity contribution in [3.63, 3.8) is 0 Å². The fourth-order valence-corrected chi connectivity index (χ4v) is 3.33. The maximum Gasteiger partial charge on any atom is 0.418 e. The highest BCUT2D eigenvalue weighted by atomic mass is 16.7. The van der Waals surface area contributed by atoms with Crippen molar-refractivity contribution >= 4 is 29.7 Å². The summed E-state index contributed by atoms with van der Waals surface area (Å²) in [5.74, 6) is -3.85. The first-order chi connectivity index (χ1) is 16.2. The summed E-state index contributed by atoms with van der Waals surface area (Å²) in [6, 6.07) is 1.34. The summed E-state index contributed by atoms with van der Waals surface area (Å²) in [6.45, 7) is 5.02. The first-order valence-electron chi connectivity index (χ1n) is 11.0. The van der Waals surface area contributed by atoms with Crippen molar-refractivity contribution in [2.24, 2.45) is 5.92 Å². The fourth-order valence-electron chi connectivity index (χ4n) is 3.33. The average molecular weight is 481 g/mol. The molecule has 13 nitrogen and oxygen atoms in total. The molecule has 186 valence electrons. The first kappa shape index (κ1) is 25.1. The van der Waals surface area contributed by atoms with Crippen LogP contribution in [0, 0.1) is 5.92 Å². The third-order valence-corrected chi connectivity index (χ3v) is 5.16. The van der Waals surface area contributed by atoms with Crippen LogP contribution in [0.2, 0.25) is 0 Å². The smallest absolute Gasteiger partial charge is 0.418 e. The highest BCUT2D eigenvalue weighted by molar-refractivity contribution is 6.30. The zero-order valence-electron chi connectivity index (χ0n) is 19.1. The Labute approximate surface area is 194 Å². The van der Waals surface area contributed by atoms with Gasteiger partial charge in [0.1, 0.15) is 12.7 Å². The molecule has 2 aliphatic rings. The van der Waals surface area contributed by atoms with Gasteiger partial charge in [-0.2, -0.15) is 4.98 Å². The summed E-state index contributed by atoms with van der Waals surface area (Å²) >= 11 is 0. The van der Waals surface area contributed by atoms with Crippen molar-refractivity contribution in [1.29, 1.82) is 0 Å². The number of carbonyl (C=O) groups excluding carboxylic acids is 4. The van der Waals surface area contributed by atoms with Gasteiger partial charge in [0.05, 0.1) is 5.92 Å². The Morgan fingerprint density at radius 2 is 1.85 bits per heavy atom. The van der Waals surface area contributed by atoms with E-state index < -0.39 is 60.0 Å². The standard InChI is InChI=1S/C21H27N3O10/c1-4-5-6-7-14(25)30-10-12-15-16(33-20(28)19(27)32-15)17(31-12)24-9-8-13(22-21(24)29)23-34-18(26)11(2)3/h8-9,11-12,15-17H,4-7,10H2,1-3H3,(H,22,23,29)/t12-,15-,16-,17-/m1/s1. The fraction of sp³-hybridized carbons (Fsp3) is 0.619. The van der Waals surface area contributed by atoms with E-state index in [1.165, 1.54) is 12.3 Å². The maximum atomic E-state index is 12.6. The molecule has 0 aliphatic carbocycles. The van der Waals surface area contributed by atoms with Gasteiger partial charge < -0.3 is 23.8 Å². The van der Waals surface area contributed by atoms with Crippen LogP contribution < -0.4 is 11.2 Å². The van der Waals surface area contributed by atoms with E-state index in [1.54, 1.807) is 13.8 Å². The number of aromatic nitrogens is 2. The normalized spacial score (nSPS) is 23.6. The van der Waals surface area contributed by atoms with E-state index in [1.807, 2.05) is 6.92 Å². The van der Waals surface area contributed by atoms with Crippen LogP contribution in [0.15, 0.2) is 17.1 Å². The van der Waals surface area contributed by atoms with Crippen LogP contribution in [0.1, 0.15) is 52.7 Å². The molecule has 2 saturated heterocycles. The molecule has 0 aromatic carbocycles. The highest BCUT2D eigenvalue weighted by Gasteiger charge is 2.55. The molecular formula is C21H27N3O10. The summed E-state index contributed by atoms with van der Waals surface area (Å²) in [5.41, 5.74) is 1.47. The molecule has 13 heteroatoms. The lowest BCUT2D eigenvalue weighted by atomic mass is 10.1. The minimum absolute atomic E-state index is 0.0329. The molecule has 0 saturated carbocycles. The van der Waals surface area contributed by atoms with Crippen molar-refractivity contribution in [3.8, 4) is 0 Å². The zero-order valence-corrected chi connectivity index (χ0v) is 19.1. The molecule has 0 unspecified atom stereocenters. The summed E-state index contributed by atoms with van der Waals surface area (Å²) in [5, 5.41) is 0. The first-order valence-corrected chi connectivity index (χ1v) is 11.0. The summed E-state index contributed by atoms with van der Waals surface area (Å²) in [4.78, 5) is 68.2. The topological polar surface area (TPSA) is 161 Å². The number of fused-ring (bicyclic) bond motifs is 1. The Bertz CT molecular complexity index is 991. The summed E-state index contributed by atoms with van der Waals surface area (Å²) < 4.78 is 22.3. The molecule has 0 amide bonds. The molecule has 2 fully saturated rings. The largest absolute Gasteiger partial charge is 0.463 e. The second-order valence-corrected chi connectivity index (χ2v) is 8.13. The Morgan fingerprint density at radius 1 is 1.15 bits per heavy atom. The summed E-state index contributed by atoms with van der Waals surface area (Å²) in [7, 11) is 0. The van der Waals surface area contributed by atoms with Gasteiger partial charge in [-0.3, -0.25) is 9.36 Å². The molecular weight excluding hydrogens is 454 g/mol. The molecule has 0 spiro atoms. The second kappa shape index (κ2) is 11.1. The third kappa shape index (κ3) is 5.90. The number of esters is 3. The number of nitrogens with zero attached hydrogens (tertiary/aromatic N) is 2. The van der Waals surface area contributed by atoms with Crippen LogP contribution >= 0.6 is 0 Å². The predicted octanol–water partition coefficient (Wildman–Crippen LogP) is 0.628. The van der Waals surface area contributed by atoms with Gasteiger partial charge in [-0.25, -0.2) is 24.7 Å². The predicted molar refractivity (Wildman–Crippen MR) is 112 cm³/mol. The van der Waals surface area contributed by atoms with E-state index in [0.717, 1.165) is 17.4 Å². The van der Waals surface area contributed by atoms with Gasteiger partial charge in [-0.15, -0.1) is 0 Å². The van der Waals surface area contributed by atoms with Gasteiger partial charge in [0.2, 0.25) is 0 Å². The van der Waals surface area contributed by atoms with Crippen LogP contribution in [0.3, 0.4) is 0 Å². The second-order valence-electron chi connectivity index (χ2n) is 8.13. The van der Waals surface area contributed by atoms with Crippen LogP contribution in [0.25, 0.3) is 0 Å². The monoisotopic (exact) mass is 481 g/mol. The minimum Gasteiger partial charge on any atom is -0.463 e. The molecule has 4 atom stereocenters. The van der Waals surface area contributed by atoms with Crippen LogP contribution in [-0.2, 0) is 43.0 Å². The SMILES string of the molecule is CCCCCC(=O)OC[C@H]1O[C@@H](n2ccc(NOC(=O)C(C)C)nc2=O)[C@@H]2OC(=O)C(=O)O[C@@H]21. The van der Waals surface area contributed by atoms with Gasteiger partial charge in [0.15, 0.2) is 24.3 Å². The number of carbonyl (C=O) groups is 4. The van der Waals surface area contributed by atoms with E-state index in [4.69, 9.17) is 23.8 Å². The van der Waals surface area contributed by atoms with Gasteiger partial charge in [-0.1, -0.05) is 33.6 Å². The number of hydrogen-bond donors (Lipinski definition) is 1. The van der Waals surface area contributed by atoms with Crippen molar-refractivity contribution in [2.45, 2.75) is 71.0 Å². The Balaban J connectivity index is 1.72. The van der Waals surface area contributed by atoms with E-state index in [0.29, 0.717) is 6.42 Å². The van der Waals surface area contributed by atoms with E-state index in [2.05, 4.69) is 10.5 Å². The third-order valence-electron chi connectivity index (χ3n) is 5.16. The van der Waals surface area contributed by atoms with Crippen molar-refractivity contribution in [1.82, 2.24) is 9.55 Å². The van der Waals surface area contributed by atoms with Crippen LogP contribution in [0.4, 0.5) is 5.82 Å². The summed E-state index contributed by atoms with van der Waals surface area (Å²) in [6.07, 6.45) is -0.400. The minimum atomic E-state index is -1.23. The lowest BCUT2D eigenvalue weighted by molar-refractivity contribution is -0.195. The zero-order chi connectivity index (χ0) is 24.8. The molecule has 1 aromatic heterocycles. The van der Waals surface area contributed by atoms with Gasteiger partial charge in [0.25, 0.3) is 0 Å². The van der Waals surface area contributed by atoms with E-state index in [-0.39, 0.29) is 18.8 Å². The number of hydrogen-bond acceptors (Lipinski definition) is 12. The lowest BCUT2D eigenvalue weighted by Crippen LogP contribution is -2.48. The van der Waals surface area contributed by atoms with Gasteiger partial charge in [0, 0.05) is 18.7 Å². The number of unbranched alkanes of at least 4 members (excludes halogenated alkanes) is 2. The number of rotatable bonds is 10. The molecule has 34 heavy (non-hydrogen) atoms.